The Morgan fingerprint density at radius 2 is 2.50 bits per heavy atom. The van der Waals surface area contributed by atoms with Crippen molar-refractivity contribution in [2.45, 2.75) is 18.9 Å². The van der Waals surface area contributed by atoms with E-state index < -0.39 is 0 Å². The zero-order chi connectivity index (χ0) is 7.40. The molecule has 1 fully saturated rings. The zero-order valence-corrected chi connectivity index (χ0v) is 6.11. The average Bonchev–Trinajstić information content (AvgIpc) is 2.38. The van der Waals surface area contributed by atoms with Crippen LogP contribution in [-0.4, -0.2) is 25.5 Å². The van der Waals surface area contributed by atoms with Gasteiger partial charge < -0.3 is 5.32 Å². The van der Waals surface area contributed by atoms with Crippen LogP contribution in [0.5, 0.6) is 0 Å². The summed E-state index contributed by atoms with van der Waals surface area (Å²) in [6, 6.07) is 0.0208. The SMILES string of the molecule is CNNC(=O)[C@@H]1CCCN1. The van der Waals surface area contributed by atoms with Gasteiger partial charge in [0.25, 0.3) is 5.91 Å². The van der Waals surface area contributed by atoms with E-state index >= 15 is 0 Å². The second-order valence-electron chi connectivity index (χ2n) is 2.39. The number of hydrogen-bond donors (Lipinski definition) is 3. The van der Waals surface area contributed by atoms with Crippen molar-refractivity contribution in [1.82, 2.24) is 16.2 Å². The summed E-state index contributed by atoms with van der Waals surface area (Å²) in [5.41, 5.74) is 5.14. The van der Waals surface area contributed by atoms with Gasteiger partial charge in [-0.2, -0.15) is 0 Å². The first kappa shape index (κ1) is 7.50. The van der Waals surface area contributed by atoms with Gasteiger partial charge in [0.1, 0.15) is 0 Å². The monoisotopic (exact) mass is 143 g/mol. The maximum absolute atomic E-state index is 11.0. The van der Waals surface area contributed by atoms with Crippen LogP contribution < -0.4 is 16.2 Å². The van der Waals surface area contributed by atoms with Crippen LogP contribution in [0.4, 0.5) is 0 Å². The van der Waals surface area contributed by atoms with Crippen molar-refractivity contribution in [2.24, 2.45) is 0 Å². The molecule has 1 saturated heterocycles. The Morgan fingerprint density at radius 1 is 1.70 bits per heavy atom. The van der Waals surface area contributed by atoms with E-state index in [4.69, 9.17) is 0 Å². The molecule has 1 aliphatic rings. The third kappa shape index (κ3) is 1.68. The van der Waals surface area contributed by atoms with E-state index in [2.05, 4.69) is 16.2 Å². The number of carbonyl (C=O) groups excluding carboxylic acids is 1. The van der Waals surface area contributed by atoms with Gasteiger partial charge in [-0.15, -0.1) is 0 Å². The van der Waals surface area contributed by atoms with E-state index in [1.807, 2.05) is 0 Å². The van der Waals surface area contributed by atoms with Crippen LogP contribution in [0.15, 0.2) is 0 Å². The molecule has 0 aromatic rings. The van der Waals surface area contributed by atoms with E-state index in [9.17, 15) is 4.79 Å². The highest BCUT2D eigenvalue weighted by atomic mass is 16.2. The Hall–Kier alpha value is -0.610. The summed E-state index contributed by atoms with van der Waals surface area (Å²) in [5.74, 6) is 0.0417. The number of nitrogens with one attached hydrogen (secondary N) is 3. The minimum Gasteiger partial charge on any atom is -0.306 e. The van der Waals surface area contributed by atoms with Gasteiger partial charge in [-0.05, 0) is 19.4 Å². The Kier molecular flexibility index (Phi) is 2.65. The summed E-state index contributed by atoms with van der Waals surface area (Å²) >= 11 is 0. The third-order valence-electron chi connectivity index (χ3n) is 1.63. The molecule has 1 amide bonds. The Bertz CT molecular complexity index is 120. The van der Waals surface area contributed by atoms with Gasteiger partial charge in [0.15, 0.2) is 0 Å². The summed E-state index contributed by atoms with van der Waals surface area (Å²) in [6.07, 6.45) is 2.05. The highest BCUT2D eigenvalue weighted by Gasteiger charge is 2.20. The van der Waals surface area contributed by atoms with Crippen LogP contribution >= 0.6 is 0 Å². The fourth-order valence-electron chi connectivity index (χ4n) is 1.12. The number of amides is 1. The van der Waals surface area contributed by atoms with Crippen LogP contribution in [-0.2, 0) is 4.79 Å². The molecule has 0 spiro atoms. The van der Waals surface area contributed by atoms with Crippen LogP contribution in [0.1, 0.15) is 12.8 Å². The van der Waals surface area contributed by atoms with Gasteiger partial charge >= 0.3 is 0 Å². The second kappa shape index (κ2) is 3.53. The fraction of sp³-hybridized carbons (Fsp3) is 0.833. The first-order valence-corrected chi connectivity index (χ1v) is 3.54. The smallest absolute Gasteiger partial charge is 0.251 e. The van der Waals surface area contributed by atoms with E-state index in [0.29, 0.717) is 0 Å². The minimum absolute atomic E-state index is 0.0208. The third-order valence-corrected chi connectivity index (χ3v) is 1.63. The molecule has 0 radical (unpaired) electrons. The zero-order valence-electron chi connectivity index (χ0n) is 6.11. The minimum atomic E-state index is 0.0208. The molecule has 0 unspecified atom stereocenters. The maximum Gasteiger partial charge on any atom is 0.251 e. The largest absolute Gasteiger partial charge is 0.306 e. The predicted octanol–water partition coefficient (Wildman–Crippen LogP) is -1.01. The molecular weight excluding hydrogens is 130 g/mol. The molecular formula is C6H13N3O. The van der Waals surface area contributed by atoms with Gasteiger partial charge in [-0.25, -0.2) is 5.43 Å². The lowest BCUT2D eigenvalue weighted by atomic mass is 10.2. The van der Waals surface area contributed by atoms with Gasteiger partial charge in [-0.3, -0.25) is 10.2 Å². The molecule has 0 aromatic carbocycles. The molecule has 0 aromatic heterocycles. The number of carbonyl (C=O) groups is 1. The molecule has 3 N–H and O–H groups in total. The average molecular weight is 143 g/mol. The lowest BCUT2D eigenvalue weighted by Gasteiger charge is -2.08. The molecule has 0 saturated carbocycles. The lowest BCUT2D eigenvalue weighted by Crippen LogP contribution is -2.45. The van der Waals surface area contributed by atoms with E-state index in [0.717, 1.165) is 19.4 Å². The molecule has 0 bridgehead atoms. The van der Waals surface area contributed by atoms with E-state index in [1.165, 1.54) is 0 Å². The van der Waals surface area contributed by atoms with E-state index in [1.54, 1.807) is 7.05 Å². The van der Waals surface area contributed by atoms with Crippen molar-refractivity contribution in [2.75, 3.05) is 13.6 Å². The topological polar surface area (TPSA) is 53.2 Å². The molecule has 4 heteroatoms. The molecule has 4 nitrogen and oxygen atoms in total. The Balaban J connectivity index is 2.25. The quantitative estimate of drug-likeness (QED) is 0.434. The van der Waals surface area contributed by atoms with Gasteiger partial charge in [0.05, 0.1) is 6.04 Å². The Labute approximate surface area is 60.3 Å². The summed E-state index contributed by atoms with van der Waals surface area (Å²) < 4.78 is 0. The summed E-state index contributed by atoms with van der Waals surface area (Å²) in [5, 5.41) is 3.09. The highest BCUT2D eigenvalue weighted by Crippen LogP contribution is 2.03. The number of hydrazine groups is 1. The molecule has 10 heavy (non-hydrogen) atoms. The Morgan fingerprint density at radius 3 is 3.00 bits per heavy atom. The van der Waals surface area contributed by atoms with Crippen molar-refractivity contribution in [3.05, 3.63) is 0 Å². The van der Waals surface area contributed by atoms with Gasteiger partial charge in [0, 0.05) is 7.05 Å². The van der Waals surface area contributed by atoms with Crippen LogP contribution in [0.3, 0.4) is 0 Å². The standard InChI is InChI=1S/C6H13N3O/c1-7-9-6(10)5-3-2-4-8-5/h5,7-8H,2-4H2,1H3,(H,9,10)/t5-/m0/s1. The van der Waals surface area contributed by atoms with Gasteiger partial charge in [-0.1, -0.05) is 0 Å². The summed E-state index contributed by atoms with van der Waals surface area (Å²) in [6.45, 7) is 0.960. The maximum atomic E-state index is 11.0. The summed E-state index contributed by atoms with van der Waals surface area (Å²) in [7, 11) is 1.69. The van der Waals surface area contributed by atoms with Crippen molar-refractivity contribution in [3.63, 3.8) is 0 Å². The first-order chi connectivity index (χ1) is 4.84. The second-order valence-corrected chi connectivity index (χ2v) is 2.39. The molecule has 1 rings (SSSR count). The summed E-state index contributed by atoms with van der Waals surface area (Å²) in [4.78, 5) is 11.0. The van der Waals surface area contributed by atoms with Crippen LogP contribution in [0, 0.1) is 0 Å². The predicted molar refractivity (Wildman–Crippen MR) is 38.2 cm³/mol. The molecule has 58 valence electrons. The first-order valence-electron chi connectivity index (χ1n) is 3.54. The van der Waals surface area contributed by atoms with Crippen molar-refractivity contribution in [1.29, 1.82) is 0 Å². The fourth-order valence-corrected chi connectivity index (χ4v) is 1.12. The van der Waals surface area contributed by atoms with Gasteiger partial charge in [0.2, 0.25) is 0 Å². The molecule has 1 heterocycles. The van der Waals surface area contributed by atoms with Crippen LogP contribution in [0.25, 0.3) is 0 Å². The van der Waals surface area contributed by atoms with Crippen molar-refractivity contribution in [3.8, 4) is 0 Å². The van der Waals surface area contributed by atoms with E-state index in [-0.39, 0.29) is 11.9 Å². The highest BCUT2D eigenvalue weighted by molar-refractivity contribution is 5.81. The number of rotatable bonds is 2. The normalized spacial score (nSPS) is 24.7. The van der Waals surface area contributed by atoms with Crippen molar-refractivity contribution >= 4 is 5.91 Å². The molecule has 1 atom stereocenters. The number of hydrogen-bond acceptors (Lipinski definition) is 3. The lowest BCUT2D eigenvalue weighted by molar-refractivity contribution is -0.123. The van der Waals surface area contributed by atoms with Crippen molar-refractivity contribution < 1.29 is 4.79 Å². The molecule has 1 aliphatic heterocycles. The molecule has 0 aliphatic carbocycles. The van der Waals surface area contributed by atoms with Crippen LogP contribution in [0.2, 0.25) is 0 Å².